The fraction of sp³-hybridized carbons (Fsp3) is 0.688. The molecule has 2 aliphatic rings. The molecule has 1 aliphatic heterocycles. The van der Waals surface area contributed by atoms with Crippen LogP contribution in [0.3, 0.4) is 0 Å². The van der Waals surface area contributed by atoms with E-state index in [1.54, 1.807) is 6.07 Å². The number of hydrogen-bond donors (Lipinski definition) is 0. The van der Waals surface area contributed by atoms with Crippen LogP contribution in [0.2, 0.25) is 0 Å². The summed E-state index contributed by atoms with van der Waals surface area (Å²) in [5.41, 5.74) is 0.594. The van der Waals surface area contributed by atoms with E-state index in [1.165, 1.54) is 42.9 Å². The smallest absolute Gasteiger partial charge is 0.274 e. The van der Waals surface area contributed by atoms with Crippen LogP contribution < -0.4 is 5.56 Å². The first-order valence-corrected chi connectivity index (χ1v) is 8.01. The second kappa shape index (κ2) is 5.62. The number of aryl methyl sites for hydroxylation is 1. The van der Waals surface area contributed by atoms with Crippen molar-refractivity contribution in [3.05, 3.63) is 28.2 Å². The van der Waals surface area contributed by atoms with Gasteiger partial charge in [0.15, 0.2) is 0 Å². The van der Waals surface area contributed by atoms with Crippen LogP contribution >= 0.6 is 0 Å². The molecule has 3 rings (SSSR count). The Kier molecular flexibility index (Phi) is 3.83. The van der Waals surface area contributed by atoms with Crippen LogP contribution in [0.4, 0.5) is 0 Å². The topological polar surface area (TPSA) is 55.2 Å². The molecule has 0 atom stereocenters. The Morgan fingerprint density at radius 3 is 2.71 bits per heavy atom. The van der Waals surface area contributed by atoms with Gasteiger partial charge in [-0.2, -0.15) is 5.10 Å². The molecule has 21 heavy (non-hydrogen) atoms. The van der Waals surface area contributed by atoms with E-state index in [1.807, 2.05) is 11.8 Å². The Bertz CT molecular complexity index is 587. The number of amides is 1. The summed E-state index contributed by atoms with van der Waals surface area (Å²) >= 11 is 0. The summed E-state index contributed by atoms with van der Waals surface area (Å²) in [4.78, 5) is 26.1. The minimum Gasteiger partial charge on any atom is -0.337 e. The lowest BCUT2D eigenvalue weighted by atomic mass is 9.73. The van der Waals surface area contributed by atoms with Crippen LogP contribution in [0.5, 0.6) is 0 Å². The molecule has 1 saturated carbocycles. The summed E-state index contributed by atoms with van der Waals surface area (Å²) in [5, 5.41) is 4.18. The molecule has 0 bridgehead atoms. The molecular formula is C16H23N3O2. The lowest BCUT2D eigenvalue weighted by molar-refractivity contribution is 0.0750. The lowest BCUT2D eigenvalue weighted by Gasteiger charge is -2.33. The Morgan fingerprint density at radius 1 is 1.24 bits per heavy atom. The molecule has 2 heterocycles. The Labute approximate surface area is 124 Å². The highest BCUT2D eigenvalue weighted by atomic mass is 16.2. The Balaban J connectivity index is 1.75. The van der Waals surface area contributed by atoms with Crippen LogP contribution in [-0.4, -0.2) is 33.7 Å². The Morgan fingerprint density at radius 2 is 2.00 bits per heavy atom. The van der Waals surface area contributed by atoms with Crippen LogP contribution in [0.15, 0.2) is 16.9 Å². The molecule has 1 spiro atoms. The van der Waals surface area contributed by atoms with E-state index in [9.17, 15) is 9.59 Å². The first-order valence-electron chi connectivity index (χ1n) is 8.01. The number of likely N-dealkylation sites (tertiary alicyclic amines) is 1. The van der Waals surface area contributed by atoms with E-state index in [-0.39, 0.29) is 11.5 Å². The van der Waals surface area contributed by atoms with E-state index < -0.39 is 0 Å². The second-order valence-electron chi connectivity index (χ2n) is 6.41. The minimum absolute atomic E-state index is 0.0281. The normalized spacial score (nSPS) is 20.9. The monoisotopic (exact) mass is 289 g/mol. The largest absolute Gasteiger partial charge is 0.337 e. The van der Waals surface area contributed by atoms with Gasteiger partial charge in [0.25, 0.3) is 11.5 Å². The molecule has 1 aromatic rings. The van der Waals surface area contributed by atoms with Gasteiger partial charge < -0.3 is 4.90 Å². The highest BCUT2D eigenvalue weighted by Crippen LogP contribution is 2.43. The molecule has 1 saturated heterocycles. The molecule has 0 radical (unpaired) electrons. The third kappa shape index (κ3) is 2.74. The molecule has 0 aromatic carbocycles. The van der Waals surface area contributed by atoms with E-state index in [0.717, 1.165) is 19.5 Å². The zero-order valence-corrected chi connectivity index (χ0v) is 12.7. The van der Waals surface area contributed by atoms with Crippen molar-refractivity contribution in [3.8, 4) is 0 Å². The fourth-order valence-electron chi connectivity index (χ4n) is 3.77. The molecule has 5 nitrogen and oxygen atoms in total. The van der Waals surface area contributed by atoms with Crippen molar-refractivity contribution in [1.82, 2.24) is 14.7 Å². The van der Waals surface area contributed by atoms with Crippen molar-refractivity contribution >= 4 is 5.91 Å². The Hall–Kier alpha value is -1.65. The number of hydrogen-bond acceptors (Lipinski definition) is 3. The van der Waals surface area contributed by atoms with Gasteiger partial charge in [-0.05, 0) is 37.7 Å². The predicted octanol–water partition coefficient (Wildman–Crippen LogP) is 2.06. The van der Waals surface area contributed by atoms with Gasteiger partial charge in [0.05, 0.1) is 0 Å². The molecule has 114 valence electrons. The number of aromatic nitrogens is 2. The molecule has 0 N–H and O–H groups in total. The van der Waals surface area contributed by atoms with Gasteiger partial charge in [-0.3, -0.25) is 9.59 Å². The molecule has 0 unspecified atom stereocenters. The van der Waals surface area contributed by atoms with Crippen LogP contribution in [-0.2, 0) is 6.54 Å². The van der Waals surface area contributed by atoms with E-state index >= 15 is 0 Å². The summed E-state index contributed by atoms with van der Waals surface area (Å²) in [6, 6.07) is 3.00. The van der Waals surface area contributed by atoms with Crippen molar-refractivity contribution in [1.29, 1.82) is 0 Å². The summed E-state index contributed by atoms with van der Waals surface area (Å²) in [5.74, 6) is -0.0281. The fourth-order valence-corrected chi connectivity index (χ4v) is 3.77. The molecular weight excluding hydrogens is 266 g/mol. The zero-order valence-electron chi connectivity index (χ0n) is 12.7. The van der Waals surface area contributed by atoms with E-state index in [2.05, 4.69) is 5.10 Å². The van der Waals surface area contributed by atoms with Crippen LogP contribution in [0, 0.1) is 5.41 Å². The van der Waals surface area contributed by atoms with Gasteiger partial charge >= 0.3 is 0 Å². The number of nitrogens with zero attached hydrogens (tertiary/aromatic N) is 3. The summed E-state index contributed by atoms with van der Waals surface area (Å²) in [6.07, 6.45) is 7.53. The average molecular weight is 289 g/mol. The van der Waals surface area contributed by atoms with Crippen molar-refractivity contribution in [3.63, 3.8) is 0 Å². The standard InChI is InChI=1S/C16H23N3O2/c1-2-19-14(20)7-6-13(17-19)15(21)18-11-10-16(12-18)8-4-3-5-9-16/h6-7H,2-5,8-12H2,1H3. The maximum atomic E-state index is 12.6. The summed E-state index contributed by atoms with van der Waals surface area (Å²) in [6.45, 7) is 4.03. The van der Waals surface area contributed by atoms with Gasteiger partial charge in [0.2, 0.25) is 0 Å². The van der Waals surface area contributed by atoms with Crippen LogP contribution in [0.25, 0.3) is 0 Å². The van der Waals surface area contributed by atoms with E-state index in [0.29, 0.717) is 17.7 Å². The maximum Gasteiger partial charge on any atom is 0.274 e. The van der Waals surface area contributed by atoms with Crippen molar-refractivity contribution in [2.45, 2.75) is 52.0 Å². The SMILES string of the molecule is CCn1nc(C(=O)N2CCC3(CCCCC3)C2)ccc1=O. The van der Waals surface area contributed by atoms with Gasteiger partial charge in [0.1, 0.15) is 5.69 Å². The maximum absolute atomic E-state index is 12.6. The van der Waals surface area contributed by atoms with Crippen LogP contribution in [0.1, 0.15) is 55.9 Å². The first-order chi connectivity index (χ1) is 10.1. The first kappa shape index (κ1) is 14.3. The third-order valence-corrected chi connectivity index (χ3v) is 5.03. The number of rotatable bonds is 2. The predicted molar refractivity (Wildman–Crippen MR) is 80.2 cm³/mol. The van der Waals surface area contributed by atoms with Crippen molar-refractivity contribution < 1.29 is 4.79 Å². The van der Waals surface area contributed by atoms with Gasteiger partial charge in [-0.25, -0.2) is 4.68 Å². The van der Waals surface area contributed by atoms with E-state index in [4.69, 9.17) is 0 Å². The molecule has 2 fully saturated rings. The average Bonchev–Trinajstić information content (AvgIpc) is 2.91. The van der Waals surface area contributed by atoms with Gasteiger partial charge in [-0.15, -0.1) is 0 Å². The molecule has 1 aliphatic carbocycles. The third-order valence-electron chi connectivity index (χ3n) is 5.03. The van der Waals surface area contributed by atoms with Gasteiger partial charge in [-0.1, -0.05) is 19.3 Å². The highest BCUT2D eigenvalue weighted by Gasteiger charge is 2.40. The molecule has 1 amide bonds. The highest BCUT2D eigenvalue weighted by molar-refractivity contribution is 5.92. The minimum atomic E-state index is -0.153. The molecule has 1 aromatic heterocycles. The molecule has 5 heteroatoms. The number of carbonyl (C=O) groups is 1. The van der Waals surface area contributed by atoms with Gasteiger partial charge in [0, 0.05) is 25.7 Å². The summed E-state index contributed by atoms with van der Waals surface area (Å²) < 4.78 is 1.35. The summed E-state index contributed by atoms with van der Waals surface area (Å²) in [7, 11) is 0. The number of carbonyl (C=O) groups excluding carboxylic acids is 1. The second-order valence-corrected chi connectivity index (χ2v) is 6.41. The van der Waals surface area contributed by atoms with Crippen molar-refractivity contribution in [2.75, 3.05) is 13.1 Å². The quantitative estimate of drug-likeness (QED) is 0.837. The van der Waals surface area contributed by atoms with Crippen molar-refractivity contribution in [2.24, 2.45) is 5.41 Å². The zero-order chi connectivity index (χ0) is 14.9. The lowest BCUT2D eigenvalue weighted by Crippen LogP contribution is -2.35.